The molecule has 0 spiro atoms. The van der Waals surface area contributed by atoms with Gasteiger partial charge < -0.3 is 20.3 Å². The van der Waals surface area contributed by atoms with E-state index in [0.29, 0.717) is 13.1 Å². The number of ether oxygens (including phenoxy) is 1. The molecule has 0 aliphatic heterocycles. The number of nitrogens with one attached hydrogen (secondary N) is 2. The Morgan fingerprint density at radius 3 is 2.81 bits per heavy atom. The summed E-state index contributed by atoms with van der Waals surface area (Å²) in [7, 11) is 5.46. The van der Waals surface area contributed by atoms with Gasteiger partial charge in [0.05, 0.1) is 12.2 Å². The van der Waals surface area contributed by atoms with Crippen LogP contribution in [0.25, 0.3) is 0 Å². The summed E-state index contributed by atoms with van der Waals surface area (Å²) in [6.07, 6.45) is 4.17. The molecule has 0 saturated heterocycles. The molecule has 1 atom stereocenters. The Bertz CT molecular complexity index is 600. The molecule has 1 heterocycles. The first-order chi connectivity index (χ1) is 12.5. The summed E-state index contributed by atoms with van der Waals surface area (Å²) >= 11 is 1.62. The maximum atomic E-state index is 11.8. The average molecular weight is 382 g/mol. The second-order valence-electron chi connectivity index (χ2n) is 6.66. The number of amides is 1. The van der Waals surface area contributed by atoms with Gasteiger partial charge in [0.1, 0.15) is 11.1 Å². The van der Waals surface area contributed by atoms with Crippen LogP contribution in [0, 0.1) is 5.92 Å². The molecule has 8 heteroatoms. The number of guanidine groups is 1. The molecule has 2 N–H and O–H groups in total. The van der Waals surface area contributed by atoms with Gasteiger partial charge in [0, 0.05) is 45.6 Å². The Morgan fingerprint density at radius 2 is 2.19 bits per heavy atom. The van der Waals surface area contributed by atoms with Crippen LogP contribution in [0.5, 0.6) is 0 Å². The first kappa shape index (κ1) is 20.6. The molecule has 1 fully saturated rings. The normalized spacial score (nSPS) is 16.1. The third-order valence-corrected chi connectivity index (χ3v) is 5.71. The van der Waals surface area contributed by atoms with Gasteiger partial charge >= 0.3 is 0 Å². The van der Waals surface area contributed by atoms with Crippen molar-refractivity contribution in [3.8, 4) is 0 Å². The lowest BCUT2D eigenvalue weighted by Crippen LogP contribution is -2.40. The standard InChI is InChI=1S/C18H31N5O2S/c1-13(25-4)17-22-15(12-26-17)11-23(3)18(19-2)21-10-6-9-20-16(24)14-7-5-8-14/h12-14H,5-11H2,1-4H3,(H,19,21)(H,20,24). The fourth-order valence-electron chi connectivity index (χ4n) is 2.70. The first-order valence-electron chi connectivity index (χ1n) is 9.21. The second kappa shape index (κ2) is 10.5. The molecule has 7 nitrogen and oxygen atoms in total. The van der Waals surface area contributed by atoms with Crippen molar-refractivity contribution in [1.29, 1.82) is 0 Å². The maximum Gasteiger partial charge on any atom is 0.223 e. The number of thiazole rings is 1. The number of nitrogens with zero attached hydrogens (tertiary/aromatic N) is 3. The van der Waals surface area contributed by atoms with E-state index in [2.05, 4.69) is 26.0 Å². The maximum absolute atomic E-state index is 11.8. The predicted octanol–water partition coefficient (Wildman–Crippen LogP) is 2.16. The van der Waals surface area contributed by atoms with E-state index >= 15 is 0 Å². The molecule has 0 radical (unpaired) electrons. The van der Waals surface area contributed by atoms with Crippen LogP contribution < -0.4 is 10.6 Å². The van der Waals surface area contributed by atoms with Gasteiger partial charge in [-0.15, -0.1) is 11.3 Å². The van der Waals surface area contributed by atoms with Gasteiger partial charge in [-0.2, -0.15) is 0 Å². The number of carbonyl (C=O) groups excluding carboxylic acids is 1. The summed E-state index contributed by atoms with van der Waals surface area (Å²) in [5.74, 6) is 1.29. The van der Waals surface area contributed by atoms with Crippen molar-refractivity contribution in [2.24, 2.45) is 10.9 Å². The van der Waals surface area contributed by atoms with Crippen LogP contribution in [-0.4, -0.2) is 56.0 Å². The van der Waals surface area contributed by atoms with E-state index in [4.69, 9.17) is 4.74 Å². The number of aliphatic imine (C=N–C) groups is 1. The average Bonchev–Trinajstić information content (AvgIpc) is 3.04. The summed E-state index contributed by atoms with van der Waals surface area (Å²) in [6, 6.07) is 0. The zero-order chi connectivity index (χ0) is 18.9. The number of hydrogen-bond acceptors (Lipinski definition) is 5. The van der Waals surface area contributed by atoms with Crippen LogP contribution in [0.4, 0.5) is 0 Å². The molecule has 1 aromatic heterocycles. The lowest BCUT2D eigenvalue weighted by molar-refractivity contribution is -0.127. The van der Waals surface area contributed by atoms with Crippen molar-refractivity contribution in [2.45, 2.75) is 45.3 Å². The summed E-state index contributed by atoms with van der Waals surface area (Å²) in [4.78, 5) is 22.8. The third-order valence-electron chi connectivity index (χ3n) is 4.66. The fraction of sp³-hybridized carbons (Fsp3) is 0.722. The zero-order valence-electron chi connectivity index (χ0n) is 16.2. The predicted molar refractivity (Wildman–Crippen MR) is 105 cm³/mol. The van der Waals surface area contributed by atoms with E-state index in [-0.39, 0.29) is 17.9 Å². The summed E-state index contributed by atoms with van der Waals surface area (Å²) in [6.45, 7) is 4.15. The van der Waals surface area contributed by atoms with E-state index < -0.39 is 0 Å². The molecule has 1 unspecified atom stereocenters. The molecule has 0 aromatic carbocycles. The lowest BCUT2D eigenvalue weighted by Gasteiger charge is -2.24. The van der Waals surface area contributed by atoms with Crippen molar-refractivity contribution in [3.63, 3.8) is 0 Å². The van der Waals surface area contributed by atoms with Crippen LogP contribution >= 0.6 is 11.3 Å². The summed E-state index contributed by atoms with van der Waals surface area (Å²) in [5.41, 5.74) is 1.01. The number of methoxy groups -OCH3 is 1. The smallest absolute Gasteiger partial charge is 0.223 e. The minimum absolute atomic E-state index is 0.0200. The Hall–Kier alpha value is -1.67. The zero-order valence-corrected chi connectivity index (χ0v) is 17.1. The third kappa shape index (κ3) is 5.95. The first-order valence-corrected chi connectivity index (χ1v) is 10.1. The molecule has 1 aromatic rings. The van der Waals surface area contributed by atoms with Crippen LogP contribution in [0.1, 0.15) is 49.4 Å². The Morgan fingerprint density at radius 1 is 1.46 bits per heavy atom. The molecule has 2 rings (SSSR count). The highest BCUT2D eigenvalue weighted by atomic mass is 32.1. The van der Waals surface area contributed by atoms with Gasteiger partial charge in [-0.25, -0.2) is 4.98 Å². The van der Waals surface area contributed by atoms with Crippen LogP contribution in [-0.2, 0) is 16.1 Å². The highest BCUT2D eigenvalue weighted by Gasteiger charge is 2.24. The lowest BCUT2D eigenvalue weighted by atomic mass is 9.85. The van der Waals surface area contributed by atoms with E-state index in [1.165, 1.54) is 6.42 Å². The minimum atomic E-state index is 0.0200. The minimum Gasteiger partial charge on any atom is -0.375 e. The molecular formula is C18H31N5O2S. The van der Waals surface area contributed by atoms with Crippen molar-refractivity contribution in [2.75, 3.05) is 34.3 Å². The topological polar surface area (TPSA) is 78.9 Å². The summed E-state index contributed by atoms with van der Waals surface area (Å²) < 4.78 is 5.31. The number of rotatable bonds is 9. The number of hydrogen-bond donors (Lipinski definition) is 2. The van der Waals surface area contributed by atoms with Crippen molar-refractivity contribution < 1.29 is 9.53 Å². The fourth-order valence-corrected chi connectivity index (χ4v) is 3.54. The monoisotopic (exact) mass is 381 g/mol. The van der Waals surface area contributed by atoms with E-state index in [0.717, 1.165) is 42.5 Å². The Labute approximate surface area is 160 Å². The molecule has 1 amide bonds. The van der Waals surface area contributed by atoms with Crippen LogP contribution in [0.15, 0.2) is 10.4 Å². The molecule has 146 valence electrons. The quantitative estimate of drug-likeness (QED) is 0.389. The largest absolute Gasteiger partial charge is 0.375 e. The van der Waals surface area contributed by atoms with Gasteiger partial charge in [-0.1, -0.05) is 6.42 Å². The number of aromatic nitrogens is 1. The van der Waals surface area contributed by atoms with E-state index in [1.54, 1.807) is 25.5 Å². The van der Waals surface area contributed by atoms with Crippen molar-refractivity contribution in [3.05, 3.63) is 16.1 Å². The highest BCUT2D eigenvalue weighted by molar-refractivity contribution is 7.09. The second-order valence-corrected chi connectivity index (χ2v) is 7.55. The van der Waals surface area contributed by atoms with Crippen molar-refractivity contribution >= 4 is 23.2 Å². The van der Waals surface area contributed by atoms with Gasteiger partial charge in [0.15, 0.2) is 5.96 Å². The molecule has 1 aliphatic rings. The van der Waals surface area contributed by atoms with E-state index in [1.807, 2.05) is 18.9 Å². The molecule has 26 heavy (non-hydrogen) atoms. The molecule has 0 bridgehead atoms. The molecule has 1 aliphatic carbocycles. The number of carbonyl (C=O) groups is 1. The Balaban J connectivity index is 1.68. The van der Waals surface area contributed by atoms with Crippen molar-refractivity contribution in [1.82, 2.24) is 20.5 Å². The summed E-state index contributed by atoms with van der Waals surface area (Å²) in [5, 5.41) is 9.40. The highest BCUT2D eigenvalue weighted by Crippen LogP contribution is 2.26. The molecular weight excluding hydrogens is 350 g/mol. The van der Waals surface area contributed by atoms with E-state index in [9.17, 15) is 4.79 Å². The van der Waals surface area contributed by atoms with Gasteiger partial charge in [0.25, 0.3) is 0 Å². The Kier molecular flexibility index (Phi) is 8.31. The van der Waals surface area contributed by atoms with Crippen LogP contribution in [0.2, 0.25) is 0 Å². The van der Waals surface area contributed by atoms with Crippen LogP contribution in [0.3, 0.4) is 0 Å². The van der Waals surface area contributed by atoms with Gasteiger partial charge in [-0.05, 0) is 26.2 Å². The van der Waals surface area contributed by atoms with Gasteiger partial charge in [0.2, 0.25) is 5.91 Å². The molecule has 1 saturated carbocycles. The SMILES string of the molecule is CN=C(NCCCNC(=O)C1CCC1)N(C)Cc1csc(C(C)OC)n1. The van der Waals surface area contributed by atoms with Gasteiger partial charge in [-0.3, -0.25) is 9.79 Å².